The van der Waals surface area contributed by atoms with Crippen molar-refractivity contribution in [2.75, 3.05) is 6.61 Å². The van der Waals surface area contributed by atoms with E-state index in [9.17, 15) is 5.11 Å². The topological polar surface area (TPSA) is 73.1 Å². The Balaban J connectivity index is 2.12. The van der Waals surface area contributed by atoms with Crippen LogP contribution in [-0.4, -0.2) is 37.5 Å². The van der Waals surface area contributed by atoms with Gasteiger partial charge in [0.15, 0.2) is 0 Å². The minimum absolute atomic E-state index is 0.228. The first-order chi connectivity index (χ1) is 8.04. The molecular formula is C11H14N4O2. The maximum Gasteiger partial charge on any atom is 0.143 e. The van der Waals surface area contributed by atoms with E-state index in [1.807, 2.05) is 24.3 Å². The summed E-state index contributed by atoms with van der Waals surface area (Å²) in [6.07, 6.45) is 1.51. The predicted molar refractivity (Wildman–Crippen MR) is 60.9 cm³/mol. The first-order valence-electron chi connectivity index (χ1n) is 5.23. The molecule has 1 aromatic carbocycles. The summed E-state index contributed by atoms with van der Waals surface area (Å²) in [4.78, 5) is 0. The minimum Gasteiger partial charge on any atom is -0.491 e. The number of aliphatic hydroxyl groups is 1. The van der Waals surface area contributed by atoms with Crippen molar-refractivity contribution >= 4 is 0 Å². The lowest BCUT2D eigenvalue weighted by atomic mass is 10.2. The van der Waals surface area contributed by atoms with Gasteiger partial charge in [0.2, 0.25) is 0 Å². The number of hydrogen-bond donors (Lipinski definition) is 1. The average Bonchev–Trinajstić information content (AvgIpc) is 2.79. The predicted octanol–water partition coefficient (Wildman–Crippen LogP) is 0.812. The largest absolute Gasteiger partial charge is 0.491 e. The SMILES string of the molecule is CC(C)(O)COc1cccc(-n2cnnn2)c1. The van der Waals surface area contributed by atoms with Crippen LogP contribution in [0.15, 0.2) is 30.6 Å². The molecule has 2 rings (SSSR count). The van der Waals surface area contributed by atoms with Crippen LogP contribution in [0.4, 0.5) is 0 Å². The third-order valence-corrected chi connectivity index (χ3v) is 2.02. The second-order valence-electron chi connectivity index (χ2n) is 4.35. The van der Waals surface area contributed by atoms with Crippen LogP contribution < -0.4 is 4.74 Å². The van der Waals surface area contributed by atoms with Crippen molar-refractivity contribution in [3.8, 4) is 11.4 Å². The van der Waals surface area contributed by atoms with Crippen LogP contribution in [0, 0.1) is 0 Å². The zero-order valence-corrected chi connectivity index (χ0v) is 9.74. The van der Waals surface area contributed by atoms with Crippen molar-refractivity contribution < 1.29 is 9.84 Å². The monoisotopic (exact) mass is 234 g/mol. The Hall–Kier alpha value is -1.95. The quantitative estimate of drug-likeness (QED) is 0.847. The maximum absolute atomic E-state index is 9.57. The van der Waals surface area contributed by atoms with Gasteiger partial charge in [-0.3, -0.25) is 0 Å². The first-order valence-corrected chi connectivity index (χ1v) is 5.23. The second kappa shape index (κ2) is 4.50. The van der Waals surface area contributed by atoms with Gasteiger partial charge in [-0.15, -0.1) is 5.10 Å². The third kappa shape index (κ3) is 3.25. The molecule has 6 heteroatoms. The summed E-state index contributed by atoms with van der Waals surface area (Å²) >= 11 is 0. The average molecular weight is 234 g/mol. The fraction of sp³-hybridized carbons (Fsp3) is 0.364. The summed E-state index contributed by atoms with van der Waals surface area (Å²) in [6.45, 7) is 3.61. The molecule has 0 saturated carbocycles. The van der Waals surface area contributed by atoms with Gasteiger partial charge in [-0.05, 0) is 36.4 Å². The molecule has 0 radical (unpaired) electrons. The molecule has 0 aliphatic rings. The number of benzene rings is 1. The van der Waals surface area contributed by atoms with Gasteiger partial charge >= 0.3 is 0 Å². The highest BCUT2D eigenvalue weighted by atomic mass is 16.5. The molecule has 0 aliphatic heterocycles. The fourth-order valence-corrected chi connectivity index (χ4v) is 1.26. The van der Waals surface area contributed by atoms with Crippen molar-refractivity contribution in [3.63, 3.8) is 0 Å². The van der Waals surface area contributed by atoms with Gasteiger partial charge in [0.25, 0.3) is 0 Å². The normalized spacial score (nSPS) is 11.5. The van der Waals surface area contributed by atoms with Gasteiger partial charge in [-0.1, -0.05) is 6.07 Å². The number of hydrogen-bond acceptors (Lipinski definition) is 5. The summed E-state index contributed by atoms with van der Waals surface area (Å²) in [6, 6.07) is 7.34. The summed E-state index contributed by atoms with van der Waals surface area (Å²) in [7, 11) is 0. The van der Waals surface area contributed by atoms with Crippen LogP contribution in [0.2, 0.25) is 0 Å². The molecule has 0 atom stereocenters. The van der Waals surface area contributed by atoms with Crippen LogP contribution in [-0.2, 0) is 0 Å². The molecular weight excluding hydrogens is 220 g/mol. The maximum atomic E-state index is 9.57. The van der Waals surface area contributed by atoms with Crippen molar-refractivity contribution in [2.24, 2.45) is 0 Å². The second-order valence-corrected chi connectivity index (χ2v) is 4.35. The number of rotatable bonds is 4. The molecule has 0 amide bonds. The number of nitrogens with zero attached hydrogens (tertiary/aromatic N) is 4. The summed E-state index contributed by atoms with van der Waals surface area (Å²) in [5.41, 5.74) is -0.0478. The lowest BCUT2D eigenvalue weighted by molar-refractivity contribution is 0.0285. The highest BCUT2D eigenvalue weighted by Gasteiger charge is 2.13. The molecule has 2 aromatic rings. The molecule has 1 heterocycles. The van der Waals surface area contributed by atoms with Gasteiger partial charge in [-0.25, -0.2) is 4.68 Å². The Kier molecular flexibility index (Phi) is 3.06. The first kappa shape index (κ1) is 11.5. The molecule has 0 spiro atoms. The molecule has 6 nitrogen and oxygen atoms in total. The Morgan fingerprint density at radius 1 is 1.41 bits per heavy atom. The van der Waals surface area contributed by atoms with E-state index in [1.54, 1.807) is 13.8 Å². The Morgan fingerprint density at radius 2 is 2.24 bits per heavy atom. The van der Waals surface area contributed by atoms with Crippen LogP contribution in [0.5, 0.6) is 5.75 Å². The highest BCUT2D eigenvalue weighted by Crippen LogP contribution is 2.17. The highest BCUT2D eigenvalue weighted by molar-refractivity contribution is 5.37. The lowest BCUT2D eigenvalue weighted by Gasteiger charge is -2.17. The van der Waals surface area contributed by atoms with Crippen molar-refractivity contribution in [3.05, 3.63) is 30.6 Å². The van der Waals surface area contributed by atoms with E-state index >= 15 is 0 Å². The van der Waals surface area contributed by atoms with Crippen molar-refractivity contribution in [2.45, 2.75) is 19.4 Å². The van der Waals surface area contributed by atoms with E-state index in [0.29, 0.717) is 5.75 Å². The number of aromatic nitrogens is 4. The molecule has 0 fully saturated rings. The summed E-state index contributed by atoms with van der Waals surface area (Å²) in [5, 5.41) is 20.5. The molecule has 1 N–H and O–H groups in total. The molecule has 17 heavy (non-hydrogen) atoms. The van der Waals surface area contributed by atoms with Gasteiger partial charge in [0, 0.05) is 6.07 Å². The van der Waals surface area contributed by atoms with E-state index in [1.165, 1.54) is 11.0 Å². The van der Waals surface area contributed by atoms with Crippen LogP contribution in [0.1, 0.15) is 13.8 Å². The van der Waals surface area contributed by atoms with E-state index in [4.69, 9.17) is 4.74 Å². The van der Waals surface area contributed by atoms with Crippen LogP contribution >= 0.6 is 0 Å². The molecule has 1 aromatic heterocycles. The van der Waals surface area contributed by atoms with E-state index < -0.39 is 5.60 Å². The summed E-state index contributed by atoms with van der Waals surface area (Å²) in [5.74, 6) is 0.667. The molecule has 0 unspecified atom stereocenters. The third-order valence-electron chi connectivity index (χ3n) is 2.02. The molecule has 90 valence electrons. The zero-order valence-electron chi connectivity index (χ0n) is 9.74. The van der Waals surface area contributed by atoms with Gasteiger partial charge in [0.05, 0.1) is 11.3 Å². The van der Waals surface area contributed by atoms with Crippen LogP contribution in [0.25, 0.3) is 5.69 Å². The van der Waals surface area contributed by atoms with Gasteiger partial charge in [0.1, 0.15) is 18.7 Å². The van der Waals surface area contributed by atoms with E-state index in [0.717, 1.165) is 5.69 Å². The summed E-state index contributed by atoms with van der Waals surface area (Å²) < 4.78 is 7.02. The van der Waals surface area contributed by atoms with Crippen molar-refractivity contribution in [1.29, 1.82) is 0 Å². The lowest BCUT2D eigenvalue weighted by Crippen LogP contribution is -2.27. The van der Waals surface area contributed by atoms with Gasteiger partial charge in [-0.2, -0.15) is 0 Å². The Labute approximate surface area is 98.8 Å². The zero-order chi connectivity index (χ0) is 12.3. The fourth-order valence-electron chi connectivity index (χ4n) is 1.26. The standard InChI is InChI=1S/C11H14N4O2/c1-11(2,16)7-17-10-5-3-4-9(6-10)15-8-12-13-14-15/h3-6,8,16H,7H2,1-2H3. The molecule has 0 aliphatic carbocycles. The Bertz CT molecular complexity index is 476. The number of ether oxygens (including phenoxy) is 1. The van der Waals surface area contributed by atoms with Crippen LogP contribution in [0.3, 0.4) is 0 Å². The number of tetrazole rings is 1. The van der Waals surface area contributed by atoms with E-state index in [-0.39, 0.29) is 6.61 Å². The van der Waals surface area contributed by atoms with E-state index in [2.05, 4.69) is 15.5 Å². The molecule has 0 bridgehead atoms. The minimum atomic E-state index is -0.856. The van der Waals surface area contributed by atoms with Crippen molar-refractivity contribution in [1.82, 2.24) is 20.2 Å². The van der Waals surface area contributed by atoms with Gasteiger partial charge < -0.3 is 9.84 Å². The molecule has 0 saturated heterocycles. The smallest absolute Gasteiger partial charge is 0.143 e. The Morgan fingerprint density at radius 3 is 2.88 bits per heavy atom.